The molecule has 0 saturated heterocycles. The Morgan fingerprint density at radius 2 is 2.14 bits per heavy atom. The molecular weight excluding hydrogens is 310 g/mol. The second-order valence-corrected chi connectivity index (χ2v) is 6.49. The van der Waals surface area contributed by atoms with Crippen molar-refractivity contribution in [2.24, 2.45) is 0 Å². The highest BCUT2D eigenvalue weighted by Crippen LogP contribution is 2.29. The number of carbonyl (C=O) groups excluding carboxylic acids is 1. The summed E-state index contributed by atoms with van der Waals surface area (Å²) in [5.74, 6) is -1.00. The van der Waals surface area contributed by atoms with Crippen LogP contribution in [-0.2, 0) is 11.2 Å². The van der Waals surface area contributed by atoms with Crippen LogP contribution in [0.5, 0.6) is 0 Å². The normalized spacial score (nSPS) is 10.4. The van der Waals surface area contributed by atoms with Gasteiger partial charge in [0.15, 0.2) is 4.34 Å². The largest absolute Gasteiger partial charge is 0.481 e. The standard InChI is InChI=1S/C13H13N3O3S2/c1-16(2)12(19)8-3-4-10(14-6-8)21-13-15-9(7-20-13)5-11(17)18/h3-4,6-7H,5H2,1-2H3,(H,17,18). The van der Waals surface area contributed by atoms with Gasteiger partial charge in [-0.25, -0.2) is 9.97 Å². The molecule has 0 aromatic carbocycles. The maximum Gasteiger partial charge on any atom is 0.309 e. The molecule has 0 radical (unpaired) electrons. The maximum atomic E-state index is 11.7. The van der Waals surface area contributed by atoms with E-state index in [-0.39, 0.29) is 12.3 Å². The molecule has 6 nitrogen and oxygen atoms in total. The van der Waals surface area contributed by atoms with Crippen LogP contribution in [0.3, 0.4) is 0 Å². The van der Waals surface area contributed by atoms with Crippen LogP contribution in [0.4, 0.5) is 0 Å². The van der Waals surface area contributed by atoms with Gasteiger partial charge in [0.25, 0.3) is 5.91 Å². The summed E-state index contributed by atoms with van der Waals surface area (Å²) in [5, 5.41) is 11.1. The fraction of sp³-hybridized carbons (Fsp3) is 0.231. The molecule has 1 amide bonds. The van der Waals surface area contributed by atoms with Gasteiger partial charge in [0, 0.05) is 25.7 Å². The van der Waals surface area contributed by atoms with Crippen molar-refractivity contribution < 1.29 is 14.7 Å². The smallest absolute Gasteiger partial charge is 0.309 e. The van der Waals surface area contributed by atoms with E-state index in [0.29, 0.717) is 16.3 Å². The van der Waals surface area contributed by atoms with Crippen molar-refractivity contribution in [2.75, 3.05) is 14.1 Å². The molecule has 110 valence electrons. The minimum Gasteiger partial charge on any atom is -0.481 e. The Morgan fingerprint density at radius 1 is 1.38 bits per heavy atom. The Hall–Kier alpha value is -1.93. The van der Waals surface area contributed by atoms with Gasteiger partial charge in [-0.1, -0.05) is 0 Å². The zero-order valence-corrected chi connectivity index (χ0v) is 13.1. The lowest BCUT2D eigenvalue weighted by Crippen LogP contribution is -2.21. The predicted octanol–water partition coefficient (Wildman–Crippen LogP) is 2.02. The Bertz CT molecular complexity index is 653. The summed E-state index contributed by atoms with van der Waals surface area (Å²) in [4.78, 5) is 32.3. The van der Waals surface area contributed by atoms with Gasteiger partial charge in [0.1, 0.15) is 5.03 Å². The number of aliphatic carboxylic acids is 1. The number of rotatable bonds is 5. The number of pyridine rings is 1. The predicted molar refractivity (Wildman–Crippen MR) is 79.8 cm³/mol. The summed E-state index contributed by atoms with van der Waals surface area (Å²) in [7, 11) is 3.37. The molecule has 2 rings (SSSR count). The Morgan fingerprint density at radius 3 is 2.71 bits per heavy atom. The van der Waals surface area contributed by atoms with E-state index in [9.17, 15) is 9.59 Å². The first kappa shape index (κ1) is 15.5. The lowest BCUT2D eigenvalue weighted by molar-refractivity contribution is -0.136. The van der Waals surface area contributed by atoms with Gasteiger partial charge in [-0.15, -0.1) is 11.3 Å². The third kappa shape index (κ3) is 4.27. The van der Waals surface area contributed by atoms with E-state index in [1.165, 1.54) is 34.2 Å². The summed E-state index contributed by atoms with van der Waals surface area (Å²) in [6.07, 6.45) is 1.44. The zero-order valence-electron chi connectivity index (χ0n) is 11.4. The fourth-order valence-corrected chi connectivity index (χ4v) is 3.21. The Balaban J connectivity index is 2.05. The molecule has 0 atom stereocenters. The van der Waals surface area contributed by atoms with E-state index in [4.69, 9.17) is 5.11 Å². The Kier molecular flexibility index (Phi) is 4.92. The number of carboxylic acids is 1. The molecule has 1 N–H and O–H groups in total. The summed E-state index contributed by atoms with van der Waals surface area (Å²) < 4.78 is 0.727. The highest BCUT2D eigenvalue weighted by molar-refractivity contribution is 8.01. The highest BCUT2D eigenvalue weighted by Gasteiger charge is 2.10. The van der Waals surface area contributed by atoms with E-state index in [0.717, 1.165) is 4.34 Å². The van der Waals surface area contributed by atoms with Crippen LogP contribution in [0.15, 0.2) is 33.1 Å². The number of nitrogens with zero attached hydrogens (tertiary/aromatic N) is 3. The molecule has 0 spiro atoms. The van der Waals surface area contributed by atoms with Crippen molar-refractivity contribution >= 4 is 35.0 Å². The molecule has 0 fully saturated rings. The van der Waals surface area contributed by atoms with Crippen molar-refractivity contribution in [3.63, 3.8) is 0 Å². The summed E-state index contributed by atoms with van der Waals surface area (Å²) >= 11 is 2.72. The summed E-state index contributed by atoms with van der Waals surface area (Å²) in [6, 6.07) is 3.46. The second-order valence-electron chi connectivity index (χ2n) is 4.36. The molecule has 0 saturated carbocycles. The van der Waals surface area contributed by atoms with Gasteiger partial charge < -0.3 is 10.0 Å². The first-order valence-electron chi connectivity index (χ1n) is 5.97. The number of hydrogen-bond donors (Lipinski definition) is 1. The lowest BCUT2D eigenvalue weighted by atomic mass is 10.2. The minimum atomic E-state index is -0.901. The average molecular weight is 323 g/mol. The van der Waals surface area contributed by atoms with E-state index in [2.05, 4.69) is 9.97 Å². The van der Waals surface area contributed by atoms with Crippen molar-refractivity contribution in [1.82, 2.24) is 14.9 Å². The molecule has 0 unspecified atom stereocenters. The molecule has 21 heavy (non-hydrogen) atoms. The van der Waals surface area contributed by atoms with Gasteiger partial charge in [-0.2, -0.15) is 0 Å². The second kappa shape index (κ2) is 6.68. The quantitative estimate of drug-likeness (QED) is 0.906. The summed E-state index contributed by atoms with van der Waals surface area (Å²) in [6.45, 7) is 0. The van der Waals surface area contributed by atoms with E-state index in [1.54, 1.807) is 31.6 Å². The van der Waals surface area contributed by atoms with Crippen LogP contribution < -0.4 is 0 Å². The lowest BCUT2D eigenvalue weighted by Gasteiger charge is -2.09. The maximum absolute atomic E-state index is 11.7. The van der Waals surface area contributed by atoms with Crippen LogP contribution in [0.2, 0.25) is 0 Å². The van der Waals surface area contributed by atoms with Crippen LogP contribution in [0, 0.1) is 0 Å². The SMILES string of the molecule is CN(C)C(=O)c1ccc(Sc2nc(CC(=O)O)cs2)nc1. The monoisotopic (exact) mass is 323 g/mol. The number of carbonyl (C=O) groups is 2. The minimum absolute atomic E-state index is 0.0826. The highest BCUT2D eigenvalue weighted by atomic mass is 32.2. The molecule has 2 heterocycles. The van der Waals surface area contributed by atoms with Gasteiger partial charge in [-0.05, 0) is 23.9 Å². The first-order chi connectivity index (χ1) is 9.95. The Labute approximate surface area is 129 Å². The molecule has 8 heteroatoms. The molecule has 2 aromatic heterocycles. The summed E-state index contributed by atoms with van der Waals surface area (Å²) in [5.41, 5.74) is 1.06. The van der Waals surface area contributed by atoms with Gasteiger partial charge in [0.2, 0.25) is 0 Å². The van der Waals surface area contributed by atoms with Gasteiger partial charge in [-0.3, -0.25) is 9.59 Å². The van der Waals surface area contributed by atoms with Crippen LogP contribution >= 0.6 is 23.1 Å². The van der Waals surface area contributed by atoms with E-state index < -0.39 is 5.97 Å². The van der Waals surface area contributed by atoms with Crippen LogP contribution in [0.1, 0.15) is 16.1 Å². The topological polar surface area (TPSA) is 83.4 Å². The molecule has 0 aliphatic heterocycles. The fourth-order valence-electron chi connectivity index (χ4n) is 1.49. The molecular formula is C13H13N3O3S2. The number of aromatic nitrogens is 2. The number of hydrogen-bond acceptors (Lipinski definition) is 6. The van der Waals surface area contributed by atoms with Gasteiger partial charge >= 0.3 is 5.97 Å². The third-order valence-corrected chi connectivity index (χ3v) is 4.38. The number of amides is 1. The first-order valence-corrected chi connectivity index (χ1v) is 7.67. The van der Waals surface area contributed by atoms with Crippen molar-refractivity contribution in [2.45, 2.75) is 15.8 Å². The van der Waals surface area contributed by atoms with Crippen LogP contribution in [0.25, 0.3) is 0 Å². The van der Waals surface area contributed by atoms with Gasteiger partial charge in [0.05, 0.1) is 17.7 Å². The van der Waals surface area contributed by atoms with Crippen molar-refractivity contribution in [3.8, 4) is 0 Å². The molecule has 2 aromatic rings. The molecule has 0 aliphatic carbocycles. The third-order valence-electron chi connectivity index (χ3n) is 2.44. The molecule has 0 bridgehead atoms. The number of thiazole rings is 1. The molecule has 0 aliphatic rings. The van der Waals surface area contributed by atoms with Crippen molar-refractivity contribution in [1.29, 1.82) is 0 Å². The zero-order chi connectivity index (χ0) is 15.4. The average Bonchev–Trinajstić information content (AvgIpc) is 2.85. The van der Waals surface area contributed by atoms with Crippen LogP contribution in [-0.4, -0.2) is 45.9 Å². The van der Waals surface area contributed by atoms with Crippen molar-refractivity contribution in [3.05, 3.63) is 35.0 Å². The van der Waals surface area contributed by atoms with E-state index in [1.807, 2.05) is 0 Å². The number of carboxylic acid groups (broad SMARTS) is 1. The van der Waals surface area contributed by atoms with E-state index >= 15 is 0 Å².